The summed E-state index contributed by atoms with van der Waals surface area (Å²) in [6, 6.07) is 0. The third kappa shape index (κ3) is 2.23. The maximum absolute atomic E-state index is 11.3. The highest BCUT2D eigenvalue weighted by molar-refractivity contribution is 6.99. The summed E-state index contributed by atoms with van der Waals surface area (Å²) >= 11 is 1.11. The van der Waals surface area contributed by atoms with Crippen LogP contribution in [-0.4, -0.2) is 33.8 Å². The van der Waals surface area contributed by atoms with Gasteiger partial charge in [-0.3, -0.25) is 9.17 Å². The van der Waals surface area contributed by atoms with E-state index in [-0.39, 0.29) is 18.0 Å². The zero-order valence-corrected chi connectivity index (χ0v) is 9.45. The number of halogens is 1. The molecular weight excluding hydrogens is 222 g/mol. The molecule has 0 amide bonds. The summed E-state index contributed by atoms with van der Waals surface area (Å²) in [6.07, 6.45) is 3.10. The van der Waals surface area contributed by atoms with Gasteiger partial charge >= 0.3 is 0 Å². The van der Waals surface area contributed by atoms with Crippen LogP contribution in [0.15, 0.2) is 10.9 Å². The first kappa shape index (κ1) is 11.4. The number of aromatic amines is 1. The number of H-pyrrole nitrogens is 1. The molecule has 2 rings (SSSR count). The van der Waals surface area contributed by atoms with Gasteiger partial charge in [-0.15, -0.1) is 12.4 Å². The quantitative estimate of drug-likeness (QED) is 0.787. The van der Waals surface area contributed by atoms with E-state index in [0.29, 0.717) is 5.69 Å². The van der Waals surface area contributed by atoms with Crippen molar-refractivity contribution in [2.75, 3.05) is 20.1 Å². The Balaban J connectivity index is 0.000000980. The topological polar surface area (TPSA) is 49.0 Å². The second-order valence-corrected chi connectivity index (χ2v) is 3.79. The third-order valence-corrected chi connectivity index (χ3v) is 2.69. The predicted octanol–water partition coefficient (Wildman–Crippen LogP) is 0.972. The summed E-state index contributed by atoms with van der Waals surface area (Å²) in [5.41, 5.74) is 1.58. The van der Waals surface area contributed by atoms with E-state index in [0.717, 1.165) is 36.8 Å². The van der Waals surface area contributed by atoms with Crippen molar-refractivity contribution in [1.29, 1.82) is 0 Å². The minimum absolute atomic E-state index is 0. The molecule has 0 unspecified atom stereocenters. The fourth-order valence-electron chi connectivity index (χ4n) is 1.47. The molecule has 0 saturated heterocycles. The van der Waals surface area contributed by atoms with Gasteiger partial charge < -0.3 is 4.90 Å². The van der Waals surface area contributed by atoms with E-state index >= 15 is 0 Å². The van der Waals surface area contributed by atoms with E-state index in [4.69, 9.17) is 0 Å². The van der Waals surface area contributed by atoms with Crippen LogP contribution in [0.2, 0.25) is 0 Å². The number of nitrogens with one attached hydrogen (secondary N) is 1. The Morgan fingerprint density at radius 2 is 2.43 bits per heavy atom. The van der Waals surface area contributed by atoms with Gasteiger partial charge in [0.15, 0.2) is 0 Å². The molecule has 6 heteroatoms. The van der Waals surface area contributed by atoms with Crippen LogP contribution in [0.3, 0.4) is 0 Å². The highest BCUT2D eigenvalue weighted by atomic mass is 35.5. The number of aromatic nitrogens is 2. The van der Waals surface area contributed by atoms with Crippen LogP contribution in [0.25, 0.3) is 5.57 Å². The lowest BCUT2D eigenvalue weighted by atomic mass is 10.1. The van der Waals surface area contributed by atoms with Crippen molar-refractivity contribution in [3.8, 4) is 0 Å². The molecule has 0 atom stereocenters. The Bertz CT molecular complexity index is 384. The number of hydrogen-bond donors (Lipinski definition) is 1. The van der Waals surface area contributed by atoms with Gasteiger partial charge in [0, 0.05) is 24.8 Å². The molecule has 1 N–H and O–H groups in total. The van der Waals surface area contributed by atoms with Crippen LogP contribution in [0, 0.1) is 0 Å². The van der Waals surface area contributed by atoms with Gasteiger partial charge in [-0.05, 0) is 19.0 Å². The predicted molar refractivity (Wildman–Crippen MR) is 60.1 cm³/mol. The van der Waals surface area contributed by atoms with E-state index in [2.05, 4.69) is 19.7 Å². The van der Waals surface area contributed by atoms with Crippen molar-refractivity contribution < 1.29 is 0 Å². The van der Waals surface area contributed by atoms with Gasteiger partial charge in [-0.2, -0.15) is 4.37 Å². The SMILES string of the molecule is CN1CCC=C(c2ns[nH]c2=O)C1.Cl. The standard InChI is InChI=1S/C8H11N3OS.ClH/c1-11-4-2-3-6(5-11)7-8(12)10-13-9-7;/h3H,2,4-5H2,1H3,(H,10,12);1H. The first-order valence-corrected chi connectivity index (χ1v) is 4.97. The molecular formula is C8H12ClN3OS. The van der Waals surface area contributed by atoms with E-state index in [1.165, 1.54) is 0 Å². The van der Waals surface area contributed by atoms with E-state index < -0.39 is 0 Å². The molecule has 1 aliphatic heterocycles. The number of hydrogen-bond acceptors (Lipinski definition) is 4. The highest BCUT2D eigenvalue weighted by Crippen LogP contribution is 2.15. The average Bonchev–Trinajstić information content (AvgIpc) is 2.51. The highest BCUT2D eigenvalue weighted by Gasteiger charge is 2.14. The number of nitrogens with zero attached hydrogens (tertiary/aromatic N) is 2. The third-order valence-electron chi connectivity index (χ3n) is 2.14. The van der Waals surface area contributed by atoms with Crippen molar-refractivity contribution in [3.63, 3.8) is 0 Å². The summed E-state index contributed by atoms with van der Waals surface area (Å²) in [6.45, 7) is 1.89. The largest absolute Gasteiger partial charge is 0.302 e. The van der Waals surface area contributed by atoms with Gasteiger partial charge in [-0.1, -0.05) is 6.08 Å². The summed E-state index contributed by atoms with van der Waals surface area (Å²) in [5, 5.41) is 0. The molecule has 0 aliphatic carbocycles. The zero-order chi connectivity index (χ0) is 9.26. The maximum atomic E-state index is 11.3. The fraction of sp³-hybridized carbons (Fsp3) is 0.500. The molecule has 14 heavy (non-hydrogen) atoms. The molecule has 78 valence electrons. The summed E-state index contributed by atoms with van der Waals surface area (Å²) < 4.78 is 6.65. The first-order valence-electron chi connectivity index (χ1n) is 4.19. The summed E-state index contributed by atoms with van der Waals surface area (Å²) in [5.74, 6) is 0. The lowest BCUT2D eigenvalue weighted by Crippen LogP contribution is -2.26. The van der Waals surface area contributed by atoms with Gasteiger partial charge in [0.2, 0.25) is 0 Å². The smallest absolute Gasteiger partial charge is 0.285 e. The second kappa shape index (κ2) is 4.72. The van der Waals surface area contributed by atoms with Crippen molar-refractivity contribution >= 4 is 29.7 Å². The fourth-order valence-corrected chi connectivity index (χ4v) is 1.99. The molecule has 0 bridgehead atoms. The molecule has 0 spiro atoms. The number of rotatable bonds is 1. The Kier molecular flexibility index (Phi) is 3.86. The summed E-state index contributed by atoms with van der Waals surface area (Å²) in [7, 11) is 2.05. The van der Waals surface area contributed by atoms with E-state index in [1.807, 2.05) is 7.05 Å². The van der Waals surface area contributed by atoms with E-state index in [9.17, 15) is 4.79 Å². The van der Waals surface area contributed by atoms with Crippen molar-refractivity contribution in [3.05, 3.63) is 22.1 Å². The molecule has 0 fully saturated rings. The lowest BCUT2D eigenvalue weighted by Gasteiger charge is -2.21. The van der Waals surface area contributed by atoms with Gasteiger partial charge in [0.05, 0.1) is 0 Å². The van der Waals surface area contributed by atoms with Crippen molar-refractivity contribution in [1.82, 2.24) is 13.6 Å². The Morgan fingerprint density at radius 3 is 3.00 bits per heavy atom. The Hall–Kier alpha value is -0.650. The van der Waals surface area contributed by atoms with Gasteiger partial charge in [0.1, 0.15) is 5.69 Å². The van der Waals surface area contributed by atoms with Crippen LogP contribution >= 0.6 is 24.1 Å². The normalized spacial score (nSPS) is 17.4. The number of likely N-dealkylation sites (N-methyl/N-ethyl adjacent to an activating group) is 1. The lowest BCUT2D eigenvalue weighted by molar-refractivity contribution is 0.372. The molecule has 1 aromatic heterocycles. The molecule has 1 aliphatic rings. The van der Waals surface area contributed by atoms with Crippen LogP contribution < -0.4 is 5.56 Å². The maximum Gasteiger partial charge on any atom is 0.285 e. The van der Waals surface area contributed by atoms with Crippen molar-refractivity contribution in [2.45, 2.75) is 6.42 Å². The van der Waals surface area contributed by atoms with Crippen LogP contribution in [0.4, 0.5) is 0 Å². The molecule has 4 nitrogen and oxygen atoms in total. The zero-order valence-electron chi connectivity index (χ0n) is 7.82. The average molecular weight is 234 g/mol. The van der Waals surface area contributed by atoms with Crippen LogP contribution in [-0.2, 0) is 0 Å². The Labute approximate surface area is 92.4 Å². The van der Waals surface area contributed by atoms with Crippen molar-refractivity contribution in [2.24, 2.45) is 0 Å². The minimum atomic E-state index is -0.0634. The molecule has 2 heterocycles. The molecule has 0 saturated carbocycles. The molecule has 0 aromatic carbocycles. The monoisotopic (exact) mass is 233 g/mol. The Morgan fingerprint density at radius 1 is 1.64 bits per heavy atom. The van der Waals surface area contributed by atoms with Gasteiger partial charge in [-0.25, -0.2) is 0 Å². The second-order valence-electron chi connectivity index (χ2n) is 3.22. The molecule has 1 aromatic rings. The van der Waals surface area contributed by atoms with Crippen LogP contribution in [0.1, 0.15) is 12.1 Å². The first-order chi connectivity index (χ1) is 6.27. The van der Waals surface area contributed by atoms with Crippen LogP contribution in [0.5, 0.6) is 0 Å². The summed E-state index contributed by atoms with van der Waals surface area (Å²) in [4.78, 5) is 13.4. The van der Waals surface area contributed by atoms with Gasteiger partial charge in [0.25, 0.3) is 5.56 Å². The minimum Gasteiger partial charge on any atom is -0.302 e. The molecule has 0 radical (unpaired) electrons. The van der Waals surface area contributed by atoms with E-state index in [1.54, 1.807) is 0 Å².